The molecule has 2 saturated heterocycles. The Hall–Kier alpha value is -4.06. The van der Waals surface area contributed by atoms with Gasteiger partial charge < -0.3 is 59.8 Å². The van der Waals surface area contributed by atoms with Gasteiger partial charge in [-0.05, 0) is 26.0 Å². The monoisotopic (exact) mass is 708 g/mol. The van der Waals surface area contributed by atoms with E-state index in [0.29, 0.717) is 10.8 Å². The molecular formula is C37H40O14. The van der Waals surface area contributed by atoms with E-state index in [-0.39, 0.29) is 33.8 Å². The number of benzene rings is 3. The van der Waals surface area contributed by atoms with Gasteiger partial charge in [0.25, 0.3) is 0 Å². The van der Waals surface area contributed by atoms with Crippen LogP contribution in [0.3, 0.4) is 0 Å². The third-order valence-corrected chi connectivity index (χ3v) is 9.32. The van der Waals surface area contributed by atoms with Gasteiger partial charge in [0.05, 0.1) is 13.2 Å². The number of aliphatic hydroxyl groups is 8. The summed E-state index contributed by atoms with van der Waals surface area (Å²) >= 11 is 0. The van der Waals surface area contributed by atoms with E-state index in [0.717, 1.165) is 5.57 Å². The Morgan fingerprint density at radius 1 is 0.725 bits per heavy atom. The minimum absolute atomic E-state index is 0.0126. The minimum Gasteiger partial charge on any atom is -0.461 e. The first-order valence-corrected chi connectivity index (χ1v) is 16.4. The molecule has 0 aromatic heterocycles. The first kappa shape index (κ1) is 36.7. The number of ketones is 2. The SMILES string of the molecule is CC(C)=C[C@@H](C1=CC(=O)c2ccccc2C1=O)c1cc(O[C@@H]2O[C@H](CO)[C@@H](O)[C@H](O)[C@H]2O)c2ccccc2c1O[C@H]1O[C@H](CO)[C@@H](O)[C@H](O)[C@H]1O. The molecule has 11 atom stereocenters. The highest BCUT2D eigenvalue weighted by Gasteiger charge is 2.47. The molecule has 3 aromatic rings. The van der Waals surface area contributed by atoms with E-state index in [1.54, 1.807) is 68.5 Å². The lowest BCUT2D eigenvalue weighted by Crippen LogP contribution is -2.60. The molecule has 272 valence electrons. The second-order valence-electron chi connectivity index (χ2n) is 13.0. The molecule has 14 nitrogen and oxygen atoms in total. The maximum absolute atomic E-state index is 14.1. The highest BCUT2D eigenvalue weighted by atomic mass is 16.7. The van der Waals surface area contributed by atoms with Crippen LogP contribution >= 0.6 is 0 Å². The maximum atomic E-state index is 14.1. The molecule has 0 spiro atoms. The second kappa shape index (κ2) is 14.9. The van der Waals surface area contributed by atoms with Crippen molar-refractivity contribution in [3.05, 3.63) is 94.6 Å². The molecule has 0 bridgehead atoms. The van der Waals surface area contributed by atoms with Crippen LogP contribution in [0.25, 0.3) is 10.8 Å². The number of carbonyl (C=O) groups is 2. The predicted octanol–water partition coefficient (Wildman–Crippen LogP) is 0.253. The minimum atomic E-state index is -1.80. The molecule has 0 amide bonds. The number of Topliss-reactive ketones (excluding diaryl/α,β-unsaturated/α-hetero) is 1. The summed E-state index contributed by atoms with van der Waals surface area (Å²) in [6.07, 6.45) is -13.2. The number of allylic oxidation sites excluding steroid dienone is 4. The standard InChI is InChI=1S/C37H40O14/c1-16(2)11-21(22-12-24(40)17-7-3-5-9-19(17)28(22)41)23-13-25(48-36-33(46)31(44)29(42)26(14-38)49-36)18-8-4-6-10-20(18)35(23)51-37-34(47)32(45)30(43)27(15-39)50-37/h3-13,21,26-27,29-34,36-39,42-47H,14-15H2,1-2H3/t21-,26+,27+,29+,30+,31-,32-,33+,34+,36+,37+/m0/s1. The molecule has 0 radical (unpaired) electrons. The second-order valence-corrected chi connectivity index (χ2v) is 13.0. The van der Waals surface area contributed by atoms with Gasteiger partial charge >= 0.3 is 0 Å². The number of aliphatic hydroxyl groups excluding tert-OH is 8. The van der Waals surface area contributed by atoms with Gasteiger partial charge in [0, 0.05) is 39.0 Å². The third kappa shape index (κ3) is 6.83. The molecule has 1 aliphatic carbocycles. The van der Waals surface area contributed by atoms with Crippen LogP contribution in [0.1, 0.15) is 46.0 Å². The van der Waals surface area contributed by atoms with Gasteiger partial charge in [-0.2, -0.15) is 0 Å². The van der Waals surface area contributed by atoms with Gasteiger partial charge in [-0.3, -0.25) is 9.59 Å². The normalized spacial score (nSPS) is 31.5. The molecular weight excluding hydrogens is 668 g/mol. The fraction of sp³-hybridized carbons (Fsp3) is 0.405. The van der Waals surface area contributed by atoms with Crippen molar-refractivity contribution in [3.8, 4) is 11.5 Å². The van der Waals surface area contributed by atoms with Crippen LogP contribution in [-0.4, -0.2) is 127 Å². The zero-order valence-electron chi connectivity index (χ0n) is 27.6. The van der Waals surface area contributed by atoms with Crippen LogP contribution < -0.4 is 9.47 Å². The molecule has 0 saturated carbocycles. The highest BCUT2D eigenvalue weighted by Crippen LogP contribution is 2.46. The molecule has 3 aliphatic rings. The van der Waals surface area contributed by atoms with Crippen molar-refractivity contribution in [1.29, 1.82) is 0 Å². The Morgan fingerprint density at radius 2 is 1.25 bits per heavy atom. The molecule has 2 heterocycles. The first-order valence-electron chi connectivity index (χ1n) is 16.4. The molecule has 2 aliphatic heterocycles. The fourth-order valence-electron chi connectivity index (χ4n) is 6.61. The maximum Gasteiger partial charge on any atom is 0.229 e. The van der Waals surface area contributed by atoms with Gasteiger partial charge in [0.2, 0.25) is 12.6 Å². The van der Waals surface area contributed by atoms with Gasteiger partial charge in [0.1, 0.15) is 60.3 Å². The van der Waals surface area contributed by atoms with Crippen molar-refractivity contribution >= 4 is 22.3 Å². The van der Waals surface area contributed by atoms with Crippen molar-refractivity contribution in [3.63, 3.8) is 0 Å². The van der Waals surface area contributed by atoms with Crippen LogP contribution in [0.4, 0.5) is 0 Å². The van der Waals surface area contributed by atoms with Crippen LogP contribution in [0.5, 0.6) is 11.5 Å². The lowest BCUT2D eigenvalue weighted by atomic mass is 9.79. The summed E-state index contributed by atoms with van der Waals surface area (Å²) in [5.74, 6) is -1.84. The number of fused-ring (bicyclic) bond motifs is 2. The van der Waals surface area contributed by atoms with Crippen LogP contribution in [0.2, 0.25) is 0 Å². The van der Waals surface area contributed by atoms with E-state index in [9.17, 15) is 50.4 Å². The van der Waals surface area contributed by atoms with E-state index >= 15 is 0 Å². The van der Waals surface area contributed by atoms with Gasteiger partial charge in [0.15, 0.2) is 11.6 Å². The topological polar surface area (TPSA) is 233 Å². The zero-order chi connectivity index (χ0) is 36.7. The summed E-state index contributed by atoms with van der Waals surface area (Å²) < 4.78 is 23.8. The lowest BCUT2D eigenvalue weighted by Gasteiger charge is -2.40. The van der Waals surface area contributed by atoms with E-state index in [4.69, 9.17) is 18.9 Å². The average molecular weight is 709 g/mol. The molecule has 14 heteroatoms. The van der Waals surface area contributed by atoms with Gasteiger partial charge in [-0.25, -0.2) is 0 Å². The fourth-order valence-corrected chi connectivity index (χ4v) is 6.61. The number of hydrogen-bond acceptors (Lipinski definition) is 14. The first-order chi connectivity index (χ1) is 24.4. The van der Waals surface area contributed by atoms with E-state index in [1.807, 2.05) is 0 Å². The Kier molecular flexibility index (Phi) is 10.7. The van der Waals surface area contributed by atoms with Crippen LogP contribution in [-0.2, 0) is 9.47 Å². The van der Waals surface area contributed by atoms with Gasteiger partial charge in [-0.15, -0.1) is 0 Å². The van der Waals surface area contributed by atoms with Gasteiger partial charge in [-0.1, -0.05) is 60.2 Å². The summed E-state index contributed by atoms with van der Waals surface area (Å²) in [5, 5.41) is 83.8. The van der Waals surface area contributed by atoms with Crippen molar-refractivity contribution in [1.82, 2.24) is 0 Å². The summed E-state index contributed by atoms with van der Waals surface area (Å²) in [4.78, 5) is 27.5. The quantitative estimate of drug-likeness (QED) is 0.139. The van der Waals surface area contributed by atoms with Crippen molar-refractivity contribution in [2.45, 2.75) is 81.2 Å². The third-order valence-electron chi connectivity index (χ3n) is 9.32. The number of hydrogen-bond donors (Lipinski definition) is 8. The molecule has 51 heavy (non-hydrogen) atoms. The average Bonchev–Trinajstić information content (AvgIpc) is 3.13. The zero-order valence-corrected chi connectivity index (χ0v) is 27.6. The van der Waals surface area contributed by atoms with Crippen molar-refractivity contribution in [2.24, 2.45) is 0 Å². The Morgan fingerprint density at radius 3 is 1.82 bits per heavy atom. The largest absolute Gasteiger partial charge is 0.461 e. The highest BCUT2D eigenvalue weighted by molar-refractivity contribution is 6.25. The van der Waals surface area contributed by atoms with E-state index in [2.05, 4.69) is 0 Å². The lowest BCUT2D eigenvalue weighted by molar-refractivity contribution is -0.277. The molecule has 2 fully saturated rings. The van der Waals surface area contributed by atoms with Crippen LogP contribution in [0.15, 0.2) is 77.9 Å². The summed E-state index contributed by atoms with van der Waals surface area (Å²) in [7, 11) is 0. The molecule has 0 unspecified atom stereocenters. The number of carbonyl (C=O) groups excluding carboxylic acids is 2. The Balaban J connectivity index is 1.56. The number of ether oxygens (including phenoxy) is 4. The number of rotatable bonds is 9. The van der Waals surface area contributed by atoms with Crippen LogP contribution in [0, 0.1) is 0 Å². The van der Waals surface area contributed by atoms with E-state index < -0.39 is 92.1 Å². The predicted molar refractivity (Wildman–Crippen MR) is 178 cm³/mol. The molecule has 6 rings (SSSR count). The molecule has 3 aromatic carbocycles. The Bertz CT molecular complexity index is 1850. The molecule has 8 N–H and O–H groups in total. The Labute approximate surface area is 292 Å². The van der Waals surface area contributed by atoms with Crippen molar-refractivity contribution < 1.29 is 69.4 Å². The van der Waals surface area contributed by atoms with Crippen molar-refractivity contribution in [2.75, 3.05) is 13.2 Å². The summed E-state index contributed by atoms with van der Waals surface area (Å²) in [6.45, 7) is 2.15. The van der Waals surface area contributed by atoms with E-state index in [1.165, 1.54) is 12.1 Å². The summed E-state index contributed by atoms with van der Waals surface area (Å²) in [6, 6.07) is 14.4. The smallest absolute Gasteiger partial charge is 0.229 e. The summed E-state index contributed by atoms with van der Waals surface area (Å²) in [5.41, 5.74) is 1.39.